The van der Waals surface area contributed by atoms with Crippen molar-refractivity contribution in [3.63, 3.8) is 0 Å². The van der Waals surface area contributed by atoms with Crippen molar-refractivity contribution >= 4 is 34.8 Å². The summed E-state index contributed by atoms with van der Waals surface area (Å²) in [7, 11) is 0. The van der Waals surface area contributed by atoms with Crippen LogP contribution in [-0.2, 0) is 11.3 Å². The molecule has 0 saturated carbocycles. The highest BCUT2D eigenvalue weighted by Gasteiger charge is 2.26. The van der Waals surface area contributed by atoms with Crippen molar-refractivity contribution in [1.29, 1.82) is 0 Å². The molecular weight excluding hydrogens is 367 g/mol. The van der Waals surface area contributed by atoms with Crippen molar-refractivity contribution in [2.24, 2.45) is 5.92 Å². The molecule has 0 spiro atoms. The Balaban J connectivity index is 1.64. The van der Waals surface area contributed by atoms with Crippen molar-refractivity contribution in [3.8, 4) is 0 Å². The number of carbonyl (C=O) groups excluding carboxylic acids is 1. The van der Waals surface area contributed by atoms with Gasteiger partial charge in [0.25, 0.3) is 0 Å². The van der Waals surface area contributed by atoms with E-state index in [4.69, 9.17) is 23.2 Å². The summed E-state index contributed by atoms with van der Waals surface area (Å²) in [6.07, 6.45) is 1.93. The van der Waals surface area contributed by atoms with E-state index in [1.165, 1.54) is 5.56 Å². The molecule has 138 valence electrons. The Kier molecular flexibility index (Phi) is 6.23. The van der Waals surface area contributed by atoms with Crippen LogP contribution in [0.5, 0.6) is 0 Å². The maximum atomic E-state index is 12.8. The molecule has 1 atom stereocenters. The molecule has 1 saturated heterocycles. The van der Waals surface area contributed by atoms with E-state index in [-0.39, 0.29) is 11.8 Å². The van der Waals surface area contributed by atoms with Crippen LogP contribution in [0.2, 0.25) is 10.0 Å². The molecule has 2 aromatic rings. The number of nitrogens with zero attached hydrogens (tertiary/aromatic N) is 1. The summed E-state index contributed by atoms with van der Waals surface area (Å²) < 4.78 is 0. The summed E-state index contributed by atoms with van der Waals surface area (Å²) in [5.41, 5.74) is 4.27. The minimum Gasteiger partial charge on any atom is -0.326 e. The maximum Gasteiger partial charge on any atom is 0.228 e. The van der Waals surface area contributed by atoms with E-state index in [0.717, 1.165) is 49.3 Å². The first-order valence-electron chi connectivity index (χ1n) is 8.97. The molecule has 1 heterocycles. The molecule has 0 bridgehead atoms. The molecule has 3 nitrogen and oxygen atoms in total. The van der Waals surface area contributed by atoms with Gasteiger partial charge in [-0.25, -0.2) is 0 Å². The fourth-order valence-electron chi connectivity index (χ4n) is 3.43. The number of anilines is 1. The summed E-state index contributed by atoms with van der Waals surface area (Å²) >= 11 is 12.3. The van der Waals surface area contributed by atoms with E-state index >= 15 is 0 Å². The quantitative estimate of drug-likeness (QED) is 0.751. The Morgan fingerprint density at radius 3 is 2.81 bits per heavy atom. The van der Waals surface area contributed by atoms with Gasteiger partial charge in [-0.2, -0.15) is 0 Å². The number of likely N-dealkylation sites (tertiary alicyclic amines) is 1. The van der Waals surface area contributed by atoms with E-state index in [0.29, 0.717) is 10.0 Å². The number of carbonyl (C=O) groups is 1. The van der Waals surface area contributed by atoms with Gasteiger partial charge in [-0.15, -0.1) is 0 Å². The van der Waals surface area contributed by atoms with Gasteiger partial charge in [0.05, 0.1) is 5.92 Å². The number of rotatable bonds is 4. The molecule has 3 rings (SSSR count). The Morgan fingerprint density at radius 1 is 1.23 bits per heavy atom. The van der Waals surface area contributed by atoms with Crippen LogP contribution in [0, 0.1) is 19.8 Å². The van der Waals surface area contributed by atoms with E-state index in [2.05, 4.69) is 23.2 Å². The fraction of sp³-hybridized carbons (Fsp3) is 0.381. The Bertz CT molecular complexity index is 807. The minimum atomic E-state index is -0.00487. The molecule has 1 fully saturated rings. The van der Waals surface area contributed by atoms with Crippen LogP contribution in [0.4, 0.5) is 5.69 Å². The van der Waals surface area contributed by atoms with Crippen LogP contribution in [0.15, 0.2) is 36.4 Å². The number of amides is 1. The first-order valence-corrected chi connectivity index (χ1v) is 9.73. The average molecular weight is 391 g/mol. The number of benzene rings is 2. The van der Waals surface area contributed by atoms with E-state index in [1.807, 2.05) is 31.2 Å². The lowest BCUT2D eigenvalue weighted by atomic mass is 9.96. The van der Waals surface area contributed by atoms with Gasteiger partial charge in [-0.05, 0) is 68.1 Å². The predicted molar refractivity (Wildman–Crippen MR) is 109 cm³/mol. The fourth-order valence-corrected chi connectivity index (χ4v) is 3.89. The molecule has 1 N–H and O–H groups in total. The number of hydrogen-bond acceptors (Lipinski definition) is 2. The van der Waals surface area contributed by atoms with E-state index < -0.39 is 0 Å². The molecule has 0 radical (unpaired) electrons. The highest BCUT2D eigenvalue weighted by Crippen LogP contribution is 2.26. The lowest BCUT2D eigenvalue weighted by Gasteiger charge is -2.32. The van der Waals surface area contributed by atoms with Gasteiger partial charge < -0.3 is 5.32 Å². The Labute approximate surface area is 165 Å². The molecule has 0 aromatic heterocycles. The highest BCUT2D eigenvalue weighted by atomic mass is 35.5. The molecule has 0 unspecified atom stereocenters. The summed E-state index contributed by atoms with van der Waals surface area (Å²) in [5, 5.41) is 4.44. The largest absolute Gasteiger partial charge is 0.326 e. The first kappa shape index (κ1) is 19.2. The van der Waals surface area contributed by atoms with Crippen LogP contribution in [0.1, 0.15) is 29.5 Å². The van der Waals surface area contributed by atoms with E-state index in [9.17, 15) is 4.79 Å². The van der Waals surface area contributed by atoms with Crippen molar-refractivity contribution in [2.75, 3.05) is 18.4 Å². The molecule has 1 aliphatic rings. The summed E-state index contributed by atoms with van der Waals surface area (Å²) in [4.78, 5) is 15.1. The second-order valence-corrected chi connectivity index (χ2v) is 7.89. The zero-order valence-electron chi connectivity index (χ0n) is 15.2. The zero-order chi connectivity index (χ0) is 18.7. The minimum absolute atomic E-state index is 0.00487. The third kappa shape index (κ3) is 4.59. The monoisotopic (exact) mass is 390 g/mol. The van der Waals surface area contributed by atoms with Crippen LogP contribution >= 0.6 is 23.2 Å². The molecule has 0 aliphatic carbocycles. The van der Waals surface area contributed by atoms with Crippen molar-refractivity contribution in [3.05, 3.63) is 63.1 Å². The molecule has 26 heavy (non-hydrogen) atoms. The van der Waals surface area contributed by atoms with Crippen LogP contribution in [0.25, 0.3) is 0 Å². The number of nitrogens with one attached hydrogen (secondary N) is 1. The van der Waals surface area contributed by atoms with Gasteiger partial charge in [0.1, 0.15) is 0 Å². The van der Waals surface area contributed by atoms with Crippen molar-refractivity contribution in [2.45, 2.75) is 33.2 Å². The third-order valence-corrected chi connectivity index (χ3v) is 5.73. The van der Waals surface area contributed by atoms with Crippen LogP contribution in [0.3, 0.4) is 0 Å². The second-order valence-electron chi connectivity index (χ2n) is 7.05. The standard InChI is InChI=1S/C21H24Cl2N2O/c1-14-5-3-7-20(15(14)2)24-21(26)17-6-4-10-25(13-17)12-16-8-9-18(22)11-19(16)23/h3,5,7-9,11,17H,4,6,10,12-13H2,1-2H3,(H,24,26)/t17-/m0/s1. The summed E-state index contributed by atoms with van der Waals surface area (Å²) in [6, 6.07) is 11.6. The van der Waals surface area contributed by atoms with Gasteiger partial charge in [0, 0.05) is 28.8 Å². The first-order chi connectivity index (χ1) is 12.4. The predicted octanol–water partition coefficient (Wildman–Crippen LogP) is 5.46. The van der Waals surface area contributed by atoms with Gasteiger partial charge >= 0.3 is 0 Å². The van der Waals surface area contributed by atoms with Gasteiger partial charge in [0.2, 0.25) is 5.91 Å². The van der Waals surface area contributed by atoms with Crippen molar-refractivity contribution in [1.82, 2.24) is 4.90 Å². The number of aryl methyl sites for hydroxylation is 1. The smallest absolute Gasteiger partial charge is 0.228 e. The molecule has 1 aliphatic heterocycles. The summed E-state index contributed by atoms with van der Waals surface area (Å²) in [6.45, 7) is 6.56. The number of piperidine rings is 1. The normalized spacial score (nSPS) is 17.9. The molecular formula is C21H24Cl2N2O. The lowest BCUT2D eigenvalue weighted by Crippen LogP contribution is -2.40. The topological polar surface area (TPSA) is 32.3 Å². The van der Waals surface area contributed by atoms with Gasteiger partial charge in [-0.3, -0.25) is 9.69 Å². The zero-order valence-corrected chi connectivity index (χ0v) is 16.7. The van der Waals surface area contributed by atoms with E-state index in [1.54, 1.807) is 6.07 Å². The molecule has 5 heteroatoms. The Hall–Kier alpha value is -1.55. The highest BCUT2D eigenvalue weighted by molar-refractivity contribution is 6.35. The molecule has 1 amide bonds. The second kappa shape index (κ2) is 8.43. The molecule has 2 aromatic carbocycles. The van der Waals surface area contributed by atoms with Crippen molar-refractivity contribution < 1.29 is 4.79 Å². The van der Waals surface area contributed by atoms with Crippen LogP contribution in [-0.4, -0.2) is 23.9 Å². The SMILES string of the molecule is Cc1cccc(NC(=O)[C@H]2CCCN(Cc3ccc(Cl)cc3Cl)C2)c1C. The lowest BCUT2D eigenvalue weighted by molar-refractivity contribution is -0.121. The average Bonchev–Trinajstić information content (AvgIpc) is 2.61. The van der Waals surface area contributed by atoms with Gasteiger partial charge in [0.15, 0.2) is 0 Å². The number of halogens is 2. The Morgan fingerprint density at radius 2 is 2.04 bits per heavy atom. The van der Waals surface area contributed by atoms with Crippen LogP contribution < -0.4 is 5.32 Å². The maximum absolute atomic E-state index is 12.8. The van der Waals surface area contributed by atoms with Gasteiger partial charge in [-0.1, -0.05) is 41.4 Å². The summed E-state index contributed by atoms with van der Waals surface area (Å²) in [5.74, 6) is 0.0975. The third-order valence-electron chi connectivity index (χ3n) is 5.15. The number of hydrogen-bond donors (Lipinski definition) is 1.